The molecule has 2 aromatic rings. The third-order valence-corrected chi connectivity index (χ3v) is 4.50. The average molecular weight is 477 g/mol. The molecule has 0 spiro atoms. The van der Waals surface area contributed by atoms with Crippen LogP contribution >= 0.6 is 0 Å². The minimum Gasteiger partial charge on any atom is -0.494 e. The lowest BCUT2D eigenvalue weighted by Gasteiger charge is -2.26. The Bertz CT molecular complexity index is 923. The van der Waals surface area contributed by atoms with Crippen LogP contribution < -0.4 is 25.4 Å². The molecule has 0 fully saturated rings. The van der Waals surface area contributed by atoms with Crippen molar-refractivity contribution < 1.29 is 41.3 Å². The molecule has 0 aliphatic carbocycles. The molecule has 2 rings (SSSR count). The lowest BCUT2D eigenvalue weighted by atomic mass is 10.1. The van der Waals surface area contributed by atoms with Crippen molar-refractivity contribution in [2.75, 3.05) is 31.6 Å². The number of amides is 1. The van der Waals surface area contributed by atoms with Gasteiger partial charge in [0, 0.05) is 13.6 Å². The molecule has 0 bridgehead atoms. The van der Waals surface area contributed by atoms with E-state index in [1.165, 1.54) is 24.1 Å². The molecule has 0 radical (unpaired) electrons. The van der Waals surface area contributed by atoms with Crippen LogP contribution in [0.1, 0.15) is 24.6 Å². The number of aliphatic hydroxyl groups is 1. The fourth-order valence-electron chi connectivity index (χ4n) is 2.94. The van der Waals surface area contributed by atoms with Crippen molar-refractivity contribution in [3.63, 3.8) is 0 Å². The highest BCUT2D eigenvalue weighted by atomic mass is 19.4. The fraction of sp³-hybridized carbons (Fsp3) is 0.381. The molecule has 0 saturated carbocycles. The number of nitrogens with one attached hydrogen (secondary N) is 1. The number of carbonyl (C=O) groups excluding carboxylic acids is 1. The lowest BCUT2D eigenvalue weighted by molar-refractivity contribution is -0.274. The summed E-state index contributed by atoms with van der Waals surface area (Å²) in [5.41, 5.74) is 4.45. The normalized spacial score (nSPS) is 12.2. The second-order valence-corrected chi connectivity index (χ2v) is 6.91. The highest BCUT2D eigenvalue weighted by molar-refractivity contribution is 5.81. The van der Waals surface area contributed by atoms with E-state index in [4.69, 9.17) is 10.5 Å². The van der Waals surface area contributed by atoms with E-state index in [9.17, 15) is 31.9 Å². The van der Waals surface area contributed by atoms with Crippen molar-refractivity contribution in [2.24, 2.45) is 5.73 Å². The van der Waals surface area contributed by atoms with E-state index < -0.39 is 35.7 Å². The number of nitrogens with two attached hydrogens (primary N) is 1. The van der Waals surface area contributed by atoms with Crippen LogP contribution in [0.15, 0.2) is 36.4 Å². The standard InChI is InChI=1S/C21H24F5N3O4/c1-28-17(30)12-29(16-9-8-15(22)18(19(16)23)20(27)31)10-2-3-11-32-13-4-6-14(7-5-13)33-21(24,25)26/h4-9,20,31H,2-3,10-12,27H2,1H3,(H,28,30). The fourth-order valence-corrected chi connectivity index (χ4v) is 2.94. The molecule has 1 unspecified atom stereocenters. The third kappa shape index (κ3) is 8.06. The summed E-state index contributed by atoms with van der Waals surface area (Å²) in [6.07, 6.45) is -5.76. The molecule has 2 aromatic carbocycles. The van der Waals surface area contributed by atoms with Crippen LogP contribution in [0.3, 0.4) is 0 Å². The summed E-state index contributed by atoms with van der Waals surface area (Å²) in [6.45, 7) is 0.171. The summed E-state index contributed by atoms with van der Waals surface area (Å²) < 4.78 is 74.4. The van der Waals surface area contributed by atoms with Gasteiger partial charge in [-0.1, -0.05) is 0 Å². The summed E-state index contributed by atoms with van der Waals surface area (Å²) >= 11 is 0. The van der Waals surface area contributed by atoms with E-state index in [2.05, 4.69) is 10.1 Å². The van der Waals surface area contributed by atoms with Gasteiger partial charge in [-0.05, 0) is 49.2 Å². The lowest BCUT2D eigenvalue weighted by Crippen LogP contribution is -2.37. The molecule has 12 heteroatoms. The molecule has 182 valence electrons. The van der Waals surface area contributed by atoms with Gasteiger partial charge < -0.3 is 30.5 Å². The van der Waals surface area contributed by atoms with Gasteiger partial charge in [-0.2, -0.15) is 0 Å². The first-order chi connectivity index (χ1) is 15.5. The van der Waals surface area contributed by atoms with Crippen LogP contribution in [-0.4, -0.2) is 44.1 Å². The molecule has 1 atom stereocenters. The van der Waals surface area contributed by atoms with E-state index in [0.717, 1.165) is 24.3 Å². The predicted octanol–water partition coefficient (Wildman–Crippen LogP) is 3.22. The number of aliphatic hydroxyl groups excluding tert-OH is 1. The highest BCUT2D eigenvalue weighted by Gasteiger charge is 2.31. The maximum atomic E-state index is 14.8. The Morgan fingerprint density at radius 2 is 1.76 bits per heavy atom. The van der Waals surface area contributed by atoms with Gasteiger partial charge in [-0.3, -0.25) is 4.79 Å². The maximum Gasteiger partial charge on any atom is 0.573 e. The second kappa shape index (κ2) is 11.7. The molecule has 0 aromatic heterocycles. The summed E-state index contributed by atoms with van der Waals surface area (Å²) in [4.78, 5) is 13.2. The quantitative estimate of drug-likeness (QED) is 0.261. The minimum atomic E-state index is -4.78. The molecule has 7 nitrogen and oxygen atoms in total. The Balaban J connectivity index is 1.95. The van der Waals surface area contributed by atoms with Crippen LogP contribution in [0.5, 0.6) is 11.5 Å². The maximum absolute atomic E-state index is 14.8. The zero-order valence-corrected chi connectivity index (χ0v) is 17.7. The summed E-state index contributed by atoms with van der Waals surface area (Å²) in [5, 5.41) is 11.9. The van der Waals surface area contributed by atoms with E-state index >= 15 is 0 Å². The van der Waals surface area contributed by atoms with Crippen molar-refractivity contribution in [1.29, 1.82) is 0 Å². The van der Waals surface area contributed by atoms with Crippen LogP contribution in [0.2, 0.25) is 0 Å². The Morgan fingerprint density at radius 3 is 2.33 bits per heavy atom. The SMILES string of the molecule is CNC(=O)CN(CCCCOc1ccc(OC(F)(F)F)cc1)c1ccc(F)c(C(N)O)c1F. The topological polar surface area (TPSA) is 97.1 Å². The number of unbranched alkanes of at least 4 members (excludes halogenated alkanes) is 1. The predicted molar refractivity (Wildman–Crippen MR) is 110 cm³/mol. The van der Waals surface area contributed by atoms with Crippen LogP contribution in [0.25, 0.3) is 0 Å². The molecule has 1 amide bonds. The number of ether oxygens (including phenoxy) is 2. The van der Waals surface area contributed by atoms with Gasteiger partial charge >= 0.3 is 6.36 Å². The Labute approximate surface area is 186 Å². The minimum absolute atomic E-state index is 0.0966. The first-order valence-corrected chi connectivity index (χ1v) is 9.87. The number of hydrogen-bond acceptors (Lipinski definition) is 6. The molecular formula is C21H24F5N3O4. The van der Waals surface area contributed by atoms with Gasteiger partial charge in [0.15, 0.2) is 5.82 Å². The molecular weight excluding hydrogens is 453 g/mol. The molecule has 33 heavy (non-hydrogen) atoms. The van der Waals surface area contributed by atoms with Gasteiger partial charge in [0.1, 0.15) is 23.5 Å². The second-order valence-electron chi connectivity index (χ2n) is 6.91. The van der Waals surface area contributed by atoms with Gasteiger partial charge in [-0.15, -0.1) is 13.2 Å². The van der Waals surface area contributed by atoms with Gasteiger partial charge in [-0.25, -0.2) is 8.78 Å². The summed E-state index contributed by atoms with van der Waals surface area (Å²) in [6, 6.07) is 7.00. The summed E-state index contributed by atoms with van der Waals surface area (Å²) in [5.74, 6) is -2.52. The molecule has 0 aliphatic rings. The number of likely N-dealkylation sites (N-methyl/N-ethyl adjacent to an activating group) is 1. The third-order valence-electron chi connectivity index (χ3n) is 4.50. The molecule has 4 N–H and O–H groups in total. The number of benzene rings is 2. The highest BCUT2D eigenvalue weighted by Crippen LogP contribution is 2.28. The van der Waals surface area contributed by atoms with E-state index in [0.29, 0.717) is 18.6 Å². The van der Waals surface area contributed by atoms with Crippen molar-refractivity contribution in [1.82, 2.24) is 5.32 Å². The van der Waals surface area contributed by atoms with E-state index in [1.54, 1.807) is 0 Å². The molecule has 0 aliphatic heterocycles. The first kappa shape index (κ1) is 26.1. The number of anilines is 1. The largest absolute Gasteiger partial charge is 0.573 e. The van der Waals surface area contributed by atoms with Crippen LogP contribution in [-0.2, 0) is 4.79 Å². The smallest absolute Gasteiger partial charge is 0.494 e. The van der Waals surface area contributed by atoms with Gasteiger partial charge in [0.05, 0.1) is 24.4 Å². The Hall–Kier alpha value is -3.12. The van der Waals surface area contributed by atoms with Crippen molar-refractivity contribution in [3.8, 4) is 11.5 Å². The molecule has 0 heterocycles. The van der Waals surface area contributed by atoms with Gasteiger partial charge in [0.2, 0.25) is 5.91 Å². The Morgan fingerprint density at radius 1 is 1.12 bits per heavy atom. The zero-order valence-electron chi connectivity index (χ0n) is 17.7. The van der Waals surface area contributed by atoms with E-state index in [-0.39, 0.29) is 31.1 Å². The van der Waals surface area contributed by atoms with Crippen LogP contribution in [0, 0.1) is 11.6 Å². The number of carbonyl (C=O) groups is 1. The molecule has 0 saturated heterocycles. The average Bonchev–Trinajstić information content (AvgIpc) is 2.72. The number of alkyl halides is 3. The monoisotopic (exact) mass is 477 g/mol. The van der Waals surface area contributed by atoms with Crippen molar-refractivity contribution in [3.05, 3.63) is 53.6 Å². The Kier molecular flexibility index (Phi) is 9.23. The van der Waals surface area contributed by atoms with Crippen molar-refractivity contribution in [2.45, 2.75) is 25.4 Å². The number of hydrogen-bond donors (Lipinski definition) is 3. The van der Waals surface area contributed by atoms with Gasteiger partial charge in [0.25, 0.3) is 0 Å². The zero-order chi connectivity index (χ0) is 24.6. The van der Waals surface area contributed by atoms with E-state index in [1.807, 2.05) is 0 Å². The van der Waals surface area contributed by atoms with Crippen LogP contribution in [0.4, 0.5) is 27.6 Å². The number of halogens is 5. The number of rotatable bonds is 11. The summed E-state index contributed by atoms with van der Waals surface area (Å²) in [7, 11) is 1.41. The first-order valence-electron chi connectivity index (χ1n) is 9.87. The van der Waals surface area contributed by atoms with Crippen molar-refractivity contribution >= 4 is 11.6 Å². The number of nitrogens with zero attached hydrogens (tertiary/aromatic N) is 1.